The van der Waals surface area contributed by atoms with Crippen molar-refractivity contribution in [1.82, 2.24) is 5.43 Å². The third kappa shape index (κ3) is 4.44. The number of hydrogen-bond acceptors (Lipinski definition) is 3. The Labute approximate surface area is 181 Å². The molecule has 4 nitrogen and oxygen atoms in total. The zero-order valence-corrected chi connectivity index (χ0v) is 17.8. The molecular formula is C23H24Cl2N2O2. The molecule has 2 aliphatic carbocycles. The molecule has 3 atom stereocenters. The number of rotatable bonds is 6. The molecule has 29 heavy (non-hydrogen) atoms. The van der Waals surface area contributed by atoms with E-state index in [2.05, 4.69) is 17.5 Å². The quantitative estimate of drug-likeness (QED) is 0.461. The molecule has 0 saturated heterocycles. The van der Waals surface area contributed by atoms with Gasteiger partial charge < -0.3 is 4.74 Å². The van der Waals surface area contributed by atoms with Gasteiger partial charge >= 0.3 is 0 Å². The van der Waals surface area contributed by atoms with E-state index in [0.29, 0.717) is 22.6 Å². The molecule has 1 N–H and O–H groups in total. The highest BCUT2D eigenvalue weighted by molar-refractivity contribution is 6.35. The van der Waals surface area contributed by atoms with E-state index in [0.717, 1.165) is 23.3 Å². The predicted molar refractivity (Wildman–Crippen MR) is 117 cm³/mol. The van der Waals surface area contributed by atoms with E-state index >= 15 is 0 Å². The van der Waals surface area contributed by atoms with Gasteiger partial charge in [-0.05, 0) is 66.1 Å². The number of ether oxygens (including phenoxy) is 1. The van der Waals surface area contributed by atoms with Crippen LogP contribution in [0, 0.1) is 17.3 Å². The minimum Gasteiger partial charge on any atom is -0.489 e. The van der Waals surface area contributed by atoms with Crippen molar-refractivity contribution in [3.05, 3.63) is 63.6 Å². The van der Waals surface area contributed by atoms with Crippen LogP contribution in [0.4, 0.5) is 0 Å². The molecule has 0 radical (unpaired) electrons. The molecule has 0 spiro atoms. The van der Waals surface area contributed by atoms with Crippen molar-refractivity contribution in [3.63, 3.8) is 0 Å². The third-order valence-electron chi connectivity index (χ3n) is 6.29. The van der Waals surface area contributed by atoms with E-state index in [4.69, 9.17) is 27.9 Å². The Morgan fingerprint density at radius 3 is 2.72 bits per heavy atom. The third-order valence-corrected chi connectivity index (χ3v) is 6.88. The number of amides is 1. The number of hydrogen-bond donors (Lipinski definition) is 1. The average molecular weight is 431 g/mol. The molecule has 4 rings (SSSR count). The van der Waals surface area contributed by atoms with Crippen LogP contribution in [-0.4, -0.2) is 12.1 Å². The summed E-state index contributed by atoms with van der Waals surface area (Å²) in [4.78, 5) is 12.4. The first-order valence-corrected chi connectivity index (χ1v) is 10.7. The Balaban J connectivity index is 1.27. The number of carbonyl (C=O) groups is 1. The van der Waals surface area contributed by atoms with Gasteiger partial charge in [-0.3, -0.25) is 4.79 Å². The zero-order chi connectivity index (χ0) is 20.4. The summed E-state index contributed by atoms with van der Waals surface area (Å²) in [5, 5.41) is 5.33. The lowest BCUT2D eigenvalue weighted by molar-refractivity contribution is -0.123. The number of fused-ring (bicyclic) bond motifs is 1. The normalized spacial score (nSPS) is 25.5. The van der Waals surface area contributed by atoms with Crippen molar-refractivity contribution < 1.29 is 9.53 Å². The second-order valence-corrected chi connectivity index (χ2v) is 9.01. The van der Waals surface area contributed by atoms with Crippen molar-refractivity contribution >= 4 is 35.3 Å². The number of benzene rings is 2. The van der Waals surface area contributed by atoms with Crippen LogP contribution in [0.25, 0.3) is 0 Å². The van der Waals surface area contributed by atoms with Crippen molar-refractivity contribution in [2.75, 3.05) is 0 Å². The Hall–Kier alpha value is -2.04. The predicted octanol–water partition coefficient (Wildman–Crippen LogP) is 5.85. The smallest absolute Gasteiger partial charge is 0.244 e. The molecule has 0 aliphatic heterocycles. The zero-order valence-electron chi connectivity index (χ0n) is 16.3. The minimum absolute atomic E-state index is 0.0513. The van der Waals surface area contributed by atoms with E-state index < -0.39 is 0 Å². The van der Waals surface area contributed by atoms with Gasteiger partial charge in [0.05, 0.1) is 6.21 Å². The van der Waals surface area contributed by atoms with Gasteiger partial charge in [-0.25, -0.2) is 5.43 Å². The van der Waals surface area contributed by atoms with E-state index in [-0.39, 0.29) is 17.2 Å². The first-order chi connectivity index (χ1) is 14.0. The van der Waals surface area contributed by atoms with Gasteiger partial charge in [-0.2, -0.15) is 5.10 Å². The SMILES string of the molecule is C[C@]12CCCC[C@H]1[C@@H]2C(=O)N/N=C/c1ccc(OCc2ccc(Cl)cc2Cl)cc1. The summed E-state index contributed by atoms with van der Waals surface area (Å²) in [6.07, 6.45) is 6.46. The second kappa shape index (κ2) is 8.37. The molecule has 2 fully saturated rings. The molecule has 2 aromatic rings. The topological polar surface area (TPSA) is 50.7 Å². The summed E-state index contributed by atoms with van der Waals surface area (Å²) in [6, 6.07) is 12.9. The van der Waals surface area contributed by atoms with E-state index in [1.807, 2.05) is 30.3 Å². The number of carbonyl (C=O) groups excluding carboxylic acids is 1. The number of halogens is 2. The first kappa shape index (κ1) is 20.2. The van der Waals surface area contributed by atoms with Crippen LogP contribution < -0.4 is 10.2 Å². The molecule has 2 saturated carbocycles. The highest BCUT2D eigenvalue weighted by Gasteiger charge is 2.64. The number of hydrazone groups is 1. The van der Waals surface area contributed by atoms with E-state index in [9.17, 15) is 4.79 Å². The summed E-state index contributed by atoms with van der Waals surface area (Å²) in [7, 11) is 0. The largest absolute Gasteiger partial charge is 0.489 e. The Bertz CT molecular complexity index is 929. The molecule has 6 heteroatoms. The van der Waals surface area contributed by atoms with Gasteiger partial charge in [0.25, 0.3) is 0 Å². The van der Waals surface area contributed by atoms with Gasteiger partial charge in [-0.15, -0.1) is 0 Å². The van der Waals surface area contributed by atoms with E-state index in [1.165, 1.54) is 19.3 Å². The Morgan fingerprint density at radius 2 is 2.03 bits per heavy atom. The molecule has 1 amide bonds. The number of nitrogens with one attached hydrogen (secondary N) is 1. The van der Waals surface area contributed by atoms with Crippen LogP contribution in [0.15, 0.2) is 47.6 Å². The second-order valence-electron chi connectivity index (χ2n) is 8.16. The van der Waals surface area contributed by atoms with Crippen LogP contribution in [0.2, 0.25) is 10.0 Å². The fourth-order valence-corrected chi connectivity index (χ4v) is 5.00. The van der Waals surface area contributed by atoms with Crippen LogP contribution in [-0.2, 0) is 11.4 Å². The van der Waals surface area contributed by atoms with Gasteiger partial charge in [0.2, 0.25) is 5.91 Å². The maximum absolute atomic E-state index is 12.4. The summed E-state index contributed by atoms with van der Waals surface area (Å²) in [5.41, 5.74) is 4.68. The van der Waals surface area contributed by atoms with Crippen LogP contribution >= 0.6 is 23.2 Å². The van der Waals surface area contributed by atoms with Crippen molar-refractivity contribution in [2.45, 2.75) is 39.2 Å². The van der Waals surface area contributed by atoms with Crippen molar-refractivity contribution in [3.8, 4) is 5.75 Å². The summed E-state index contributed by atoms with van der Waals surface area (Å²) in [6.45, 7) is 2.60. The fraction of sp³-hybridized carbons (Fsp3) is 0.391. The molecule has 0 aromatic heterocycles. The molecule has 2 aliphatic rings. The fourth-order valence-electron chi connectivity index (χ4n) is 4.54. The van der Waals surface area contributed by atoms with Crippen LogP contribution in [0.1, 0.15) is 43.7 Å². The lowest BCUT2D eigenvalue weighted by Crippen LogP contribution is -2.22. The van der Waals surface area contributed by atoms with Gasteiger partial charge in [0.1, 0.15) is 12.4 Å². The lowest BCUT2D eigenvalue weighted by atomic mass is 9.90. The van der Waals surface area contributed by atoms with Crippen LogP contribution in [0.3, 0.4) is 0 Å². The summed E-state index contributed by atoms with van der Waals surface area (Å²) in [5.74, 6) is 1.44. The van der Waals surface area contributed by atoms with Crippen molar-refractivity contribution in [1.29, 1.82) is 0 Å². The monoisotopic (exact) mass is 430 g/mol. The minimum atomic E-state index is 0.0513. The molecule has 2 aromatic carbocycles. The van der Waals surface area contributed by atoms with Gasteiger partial charge in [0.15, 0.2) is 0 Å². The summed E-state index contributed by atoms with van der Waals surface area (Å²) < 4.78 is 5.77. The molecule has 0 unspecified atom stereocenters. The molecule has 152 valence electrons. The van der Waals surface area contributed by atoms with E-state index in [1.54, 1.807) is 18.3 Å². The first-order valence-electron chi connectivity index (χ1n) is 9.97. The highest BCUT2D eigenvalue weighted by Crippen LogP contribution is 2.66. The lowest BCUT2D eigenvalue weighted by Gasteiger charge is -2.15. The van der Waals surface area contributed by atoms with Gasteiger partial charge in [-0.1, -0.05) is 49.0 Å². The number of nitrogens with zero attached hydrogens (tertiary/aromatic N) is 1. The van der Waals surface area contributed by atoms with Crippen molar-refractivity contribution in [2.24, 2.45) is 22.4 Å². The van der Waals surface area contributed by atoms with Gasteiger partial charge in [0, 0.05) is 21.5 Å². The highest BCUT2D eigenvalue weighted by atomic mass is 35.5. The maximum atomic E-state index is 12.4. The Morgan fingerprint density at radius 1 is 1.24 bits per heavy atom. The Kier molecular flexibility index (Phi) is 5.84. The molecule has 0 heterocycles. The standard InChI is InChI=1S/C23H24Cl2N2O2/c1-23-11-3-2-4-19(23)21(23)22(28)27-26-13-15-5-9-18(10-6-15)29-14-16-7-8-17(24)12-20(16)25/h5-10,12-13,19,21H,2-4,11,14H2,1H3,(H,27,28)/b26-13+/t19-,21+,23-/m0/s1. The van der Waals surface area contributed by atoms with Crippen LogP contribution in [0.5, 0.6) is 5.75 Å². The maximum Gasteiger partial charge on any atom is 0.244 e. The summed E-state index contributed by atoms with van der Waals surface area (Å²) >= 11 is 12.1. The average Bonchev–Trinajstić information content (AvgIpc) is 3.34. The molecular weight excluding hydrogens is 407 g/mol. The molecule has 0 bridgehead atoms.